The quantitative estimate of drug-likeness (QED) is 0.480. The van der Waals surface area contributed by atoms with Crippen molar-refractivity contribution in [3.8, 4) is 0 Å². The fourth-order valence-electron chi connectivity index (χ4n) is 1.93. The minimum Gasteiger partial charge on any atom is -0.478 e. The van der Waals surface area contributed by atoms with Crippen LogP contribution in [0.1, 0.15) is 10.4 Å². The van der Waals surface area contributed by atoms with Crippen LogP contribution in [0.4, 0.5) is 11.5 Å². The van der Waals surface area contributed by atoms with Crippen molar-refractivity contribution in [1.82, 2.24) is 4.98 Å². The number of aromatic nitrogens is 1. The predicted molar refractivity (Wildman–Crippen MR) is 62.1 cm³/mol. The number of β-amino-alcohol motifs (C(OH)–C–C–N with tert-alkyl or cyclic N) is 2. The lowest BCUT2D eigenvalue weighted by atomic mass is 10.2. The Morgan fingerprint density at radius 1 is 1.42 bits per heavy atom. The van der Waals surface area contributed by atoms with Gasteiger partial charge in [0, 0.05) is 13.1 Å². The molecule has 9 heteroatoms. The molecule has 0 saturated carbocycles. The van der Waals surface area contributed by atoms with Gasteiger partial charge in [-0.15, -0.1) is 0 Å². The highest BCUT2D eigenvalue weighted by molar-refractivity contribution is 5.95. The van der Waals surface area contributed by atoms with Crippen LogP contribution in [0.5, 0.6) is 0 Å². The van der Waals surface area contributed by atoms with Gasteiger partial charge in [-0.3, -0.25) is 0 Å². The first-order valence-electron chi connectivity index (χ1n) is 5.39. The molecule has 0 spiro atoms. The highest BCUT2D eigenvalue weighted by Crippen LogP contribution is 2.26. The van der Waals surface area contributed by atoms with Crippen molar-refractivity contribution in [2.24, 2.45) is 0 Å². The molecule has 19 heavy (non-hydrogen) atoms. The Morgan fingerprint density at radius 3 is 2.47 bits per heavy atom. The molecule has 1 aromatic rings. The van der Waals surface area contributed by atoms with Crippen LogP contribution < -0.4 is 4.90 Å². The Kier molecular flexibility index (Phi) is 3.32. The number of carboxylic acids is 1. The van der Waals surface area contributed by atoms with E-state index in [0.717, 1.165) is 12.3 Å². The van der Waals surface area contributed by atoms with Gasteiger partial charge in [0.15, 0.2) is 6.20 Å². The molecule has 2 heterocycles. The molecule has 3 N–H and O–H groups in total. The van der Waals surface area contributed by atoms with Gasteiger partial charge in [-0.25, -0.2) is 4.79 Å². The van der Waals surface area contributed by atoms with Gasteiger partial charge in [-0.05, 0) is 9.91 Å². The summed E-state index contributed by atoms with van der Waals surface area (Å²) in [5.74, 6) is -1.90. The molecule has 0 bridgehead atoms. The maximum atomic E-state index is 11.1. The molecule has 1 aliphatic heterocycles. The summed E-state index contributed by atoms with van der Waals surface area (Å²) in [6.45, 7) is 0.0852. The Balaban J connectivity index is 2.40. The Hall–Kier alpha value is -2.26. The minimum absolute atomic E-state index is 0.0426. The molecule has 1 fully saturated rings. The number of anilines is 1. The maximum absolute atomic E-state index is 11.1. The number of aromatic carboxylic acids is 1. The zero-order valence-corrected chi connectivity index (χ0v) is 9.63. The van der Waals surface area contributed by atoms with Crippen LogP contribution in [-0.4, -0.2) is 56.5 Å². The van der Waals surface area contributed by atoms with Crippen LogP contribution in [0.2, 0.25) is 0 Å². The van der Waals surface area contributed by atoms with Crippen molar-refractivity contribution in [2.45, 2.75) is 12.2 Å². The monoisotopic (exact) mass is 269 g/mol. The average Bonchev–Trinajstić information content (AvgIpc) is 2.68. The number of hydrogen-bond acceptors (Lipinski definition) is 7. The van der Waals surface area contributed by atoms with Crippen molar-refractivity contribution < 1.29 is 25.0 Å². The summed E-state index contributed by atoms with van der Waals surface area (Å²) in [5, 5.41) is 38.5. The van der Waals surface area contributed by atoms with Gasteiger partial charge in [0.05, 0.1) is 29.5 Å². The Labute approximate surface area is 106 Å². The minimum atomic E-state index is -1.34. The molecule has 2 unspecified atom stereocenters. The molecule has 0 radical (unpaired) electrons. The van der Waals surface area contributed by atoms with Crippen molar-refractivity contribution in [3.63, 3.8) is 0 Å². The first kappa shape index (κ1) is 13.2. The number of carbonyl (C=O) groups is 1. The molecule has 1 aliphatic rings. The lowest BCUT2D eigenvalue weighted by Gasteiger charge is -2.17. The van der Waals surface area contributed by atoms with Crippen LogP contribution in [0, 0.1) is 10.1 Å². The zero-order valence-electron chi connectivity index (χ0n) is 9.63. The number of carboxylic acid groups (broad SMARTS) is 1. The smallest absolute Gasteiger partial charge is 0.364 e. The number of nitro groups is 1. The Morgan fingerprint density at radius 2 is 2.00 bits per heavy atom. The normalized spacial score (nSPS) is 22.5. The number of aliphatic hydroxyl groups is 2. The molecular formula is C10H11N3O6. The summed E-state index contributed by atoms with van der Waals surface area (Å²) < 4.78 is 0. The molecule has 2 rings (SSSR count). The van der Waals surface area contributed by atoms with Crippen LogP contribution in [0.15, 0.2) is 12.3 Å². The van der Waals surface area contributed by atoms with Crippen molar-refractivity contribution in [1.29, 1.82) is 0 Å². The van der Waals surface area contributed by atoms with Crippen LogP contribution >= 0.6 is 0 Å². The summed E-state index contributed by atoms with van der Waals surface area (Å²) in [6.07, 6.45) is -0.916. The molecule has 9 nitrogen and oxygen atoms in total. The first-order chi connectivity index (χ1) is 8.90. The van der Waals surface area contributed by atoms with E-state index in [0.29, 0.717) is 0 Å². The third-order valence-corrected chi connectivity index (χ3v) is 2.89. The maximum Gasteiger partial charge on any atom is 0.364 e. The number of nitrogens with zero attached hydrogens (tertiary/aromatic N) is 3. The second-order valence-corrected chi connectivity index (χ2v) is 4.16. The molecule has 102 valence electrons. The summed E-state index contributed by atoms with van der Waals surface area (Å²) >= 11 is 0. The fourth-order valence-corrected chi connectivity index (χ4v) is 1.93. The van der Waals surface area contributed by atoms with E-state index in [9.17, 15) is 25.1 Å². The van der Waals surface area contributed by atoms with E-state index in [1.807, 2.05) is 0 Å². The third-order valence-electron chi connectivity index (χ3n) is 2.89. The van der Waals surface area contributed by atoms with Gasteiger partial charge in [0.2, 0.25) is 0 Å². The first-order valence-corrected chi connectivity index (χ1v) is 5.39. The van der Waals surface area contributed by atoms with E-state index >= 15 is 0 Å². The van der Waals surface area contributed by atoms with Gasteiger partial charge in [0.1, 0.15) is 0 Å². The number of aliphatic hydroxyl groups excluding tert-OH is 2. The molecule has 0 aliphatic carbocycles. The lowest BCUT2D eigenvalue weighted by Crippen LogP contribution is -2.23. The largest absolute Gasteiger partial charge is 0.478 e. The summed E-state index contributed by atoms with van der Waals surface area (Å²) in [6, 6.07) is 0.856. The second kappa shape index (κ2) is 4.78. The van der Waals surface area contributed by atoms with E-state index in [-0.39, 0.29) is 24.3 Å². The fraction of sp³-hybridized carbons (Fsp3) is 0.400. The van der Waals surface area contributed by atoms with Crippen molar-refractivity contribution in [2.75, 3.05) is 18.0 Å². The molecule has 1 aromatic heterocycles. The van der Waals surface area contributed by atoms with Gasteiger partial charge in [0.25, 0.3) is 0 Å². The molecular weight excluding hydrogens is 258 g/mol. The van der Waals surface area contributed by atoms with Crippen molar-refractivity contribution in [3.05, 3.63) is 27.9 Å². The van der Waals surface area contributed by atoms with Gasteiger partial charge < -0.3 is 30.3 Å². The summed E-state index contributed by atoms with van der Waals surface area (Å²) in [5.41, 5.74) is -0.156. The average molecular weight is 269 g/mol. The molecule has 1 saturated heterocycles. The van der Waals surface area contributed by atoms with E-state index in [1.54, 1.807) is 0 Å². The highest BCUT2D eigenvalue weighted by Gasteiger charge is 2.33. The van der Waals surface area contributed by atoms with E-state index in [4.69, 9.17) is 5.11 Å². The number of rotatable bonds is 3. The summed E-state index contributed by atoms with van der Waals surface area (Å²) in [4.78, 5) is 25.9. The van der Waals surface area contributed by atoms with Crippen molar-refractivity contribution >= 4 is 17.5 Å². The van der Waals surface area contributed by atoms with E-state index in [2.05, 4.69) is 4.98 Å². The molecule has 0 amide bonds. The highest BCUT2D eigenvalue weighted by atomic mass is 16.6. The van der Waals surface area contributed by atoms with Crippen LogP contribution in [0.25, 0.3) is 0 Å². The Bertz CT molecular complexity index is 524. The number of pyridine rings is 1. The van der Waals surface area contributed by atoms with Gasteiger partial charge in [-0.1, -0.05) is 0 Å². The third kappa shape index (κ3) is 2.46. The van der Waals surface area contributed by atoms with Gasteiger partial charge in [-0.2, -0.15) is 0 Å². The topological polar surface area (TPSA) is 137 Å². The second-order valence-electron chi connectivity index (χ2n) is 4.16. The lowest BCUT2D eigenvalue weighted by molar-refractivity contribution is -0.389. The molecule has 0 aromatic carbocycles. The number of hydrogen-bond donors (Lipinski definition) is 3. The summed E-state index contributed by atoms with van der Waals surface area (Å²) in [7, 11) is 0. The van der Waals surface area contributed by atoms with Crippen LogP contribution in [-0.2, 0) is 0 Å². The SMILES string of the molecule is O=C(O)c1cc([N+](=O)[O-])ncc1N1CC(O)C(O)C1. The van der Waals surface area contributed by atoms with Gasteiger partial charge >= 0.3 is 11.8 Å². The zero-order chi connectivity index (χ0) is 14.2. The van der Waals surface area contributed by atoms with E-state index in [1.165, 1.54) is 4.90 Å². The van der Waals surface area contributed by atoms with E-state index < -0.39 is 28.9 Å². The molecule has 2 atom stereocenters. The predicted octanol–water partition coefficient (Wildman–Crippen LogP) is -0.770. The standard InChI is InChI=1S/C10H11N3O6/c14-7-3-12(4-8(7)15)6-2-11-9(13(18)19)1-5(6)10(16)17/h1-2,7-8,14-15H,3-4H2,(H,16,17). The van der Waals surface area contributed by atoms with Crippen LogP contribution in [0.3, 0.4) is 0 Å².